The number of aryl methyl sites for hydroxylation is 1. The molecule has 9 nitrogen and oxygen atoms in total. The van der Waals surface area contributed by atoms with Crippen LogP contribution in [0.1, 0.15) is 83.4 Å². The minimum absolute atomic E-state index is 0.0447. The van der Waals surface area contributed by atoms with Crippen LogP contribution >= 0.6 is 11.3 Å². The van der Waals surface area contributed by atoms with Gasteiger partial charge in [0.15, 0.2) is 0 Å². The molecule has 10 heteroatoms. The molecule has 1 aromatic heterocycles. The summed E-state index contributed by atoms with van der Waals surface area (Å²) in [7, 11) is 0. The molecule has 1 fully saturated rings. The van der Waals surface area contributed by atoms with Gasteiger partial charge in [-0.25, -0.2) is 4.98 Å². The highest BCUT2D eigenvalue weighted by Gasteiger charge is 2.44. The van der Waals surface area contributed by atoms with Crippen LogP contribution in [0.25, 0.3) is 10.4 Å². The number of carbonyl (C=O) groups excluding carboxylic acids is 4. The maximum atomic E-state index is 13.7. The molecule has 3 amide bonds. The van der Waals surface area contributed by atoms with Crippen LogP contribution in [0.5, 0.6) is 0 Å². The third-order valence-corrected chi connectivity index (χ3v) is 8.41. The number of thiazole rings is 1. The van der Waals surface area contributed by atoms with Crippen molar-refractivity contribution >= 4 is 35.3 Å². The third kappa shape index (κ3) is 9.46. The number of likely N-dealkylation sites (tertiary alicyclic amines) is 1. The summed E-state index contributed by atoms with van der Waals surface area (Å²) in [4.78, 5) is 56.9. The van der Waals surface area contributed by atoms with E-state index in [-0.39, 0.29) is 30.7 Å². The zero-order valence-electron chi connectivity index (χ0n) is 24.7. The number of hydrogen-bond acceptors (Lipinski definition) is 7. The normalized spacial score (nSPS) is 17.7. The van der Waals surface area contributed by atoms with Crippen molar-refractivity contribution in [3.63, 3.8) is 0 Å². The number of aldehydes is 1. The van der Waals surface area contributed by atoms with E-state index in [2.05, 4.69) is 15.6 Å². The molecule has 1 aliphatic heterocycles. The molecule has 2 aromatic rings. The zero-order chi connectivity index (χ0) is 30.0. The lowest BCUT2D eigenvalue weighted by Gasteiger charge is -2.35. The maximum absolute atomic E-state index is 13.7. The van der Waals surface area contributed by atoms with Crippen molar-refractivity contribution in [2.24, 2.45) is 5.41 Å². The van der Waals surface area contributed by atoms with Gasteiger partial charge in [-0.15, -0.1) is 11.3 Å². The van der Waals surface area contributed by atoms with Crippen molar-refractivity contribution in [2.45, 2.75) is 104 Å². The molecule has 0 saturated carbocycles. The average Bonchev–Trinajstić information content (AvgIpc) is 3.54. The van der Waals surface area contributed by atoms with Gasteiger partial charge in [-0.2, -0.15) is 0 Å². The van der Waals surface area contributed by atoms with E-state index in [1.54, 1.807) is 11.3 Å². The predicted molar refractivity (Wildman–Crippen MR) is 160 cm³/mol. The Labute approximate surface area is 247 Å². The van der Waals surface area contributed by atoms with Crippen LogP contribution in [0, 0.1) is 12.3 Å². The van der Waals surface area contributed by atoms with Gasteiger partial charge >= 0.3 is 0 Å². The summed E-state index contributed by atoms with van der Waals surface area (Å²) in [6.45, 7) is 7.94. The smallest absolute Gasteiger partial charge is 0.246 e. The number of β-amino-alcohol motifs (C(OH)–C–C–N with tert-alkyl or cyclic N) is 1. The van der Waals surface area contributed by atoms with E-state index in [4.69, 9.17) is 0 Å². The van der Waals surface area contributed by atoms with Gasteiger partial charge in [0.2, 0.25) is 17.7 Å². The molecule has 3 atom stereocenters. The molecule has 1 aliphatic rings. The summed E-state index contributed by atoms with van der Waals surface area (Å²) >= 11 is 1.58. The minimum Gasteiger partial charge on any atom is -0.391 e. The molecule has 0 unspecified atom stereocenters. The van der Waals surface area contributed by atoms with Gasteiger partial charge in [0.05, 0.1) is 22.2 Å². The van der Waals surface area contributed by atoms with Crippen LogP contribution in [0.15, 0.2) is 29.8 Å². The van der Waals surface area contributed by atoms with E-state index in [0.29, 0.717) is 25.8 Å². The lowest BCUT2D eigenvalue weighted by atomic mass is 9.85. The quantitative estimate of drug-likeness (QED) is 0.226. The molecular formula is C31H44N4O5S. The Morgan fingerprint density at radius 2 is 1.80 bits per heavy atom. The van der Waals surface area contributed by atoms with Gasteiger partial charge in [0, 0.05) is 32.4 Å². The van der Waals surface area contributed by atoms with Crippen LogP contribution in [0.4, 0.5) is 0 Å². The van der Waals surface area contributed by atoms with Crippen molar-refractivity contribution in [3.05, 3.63) is 41.0 Å². The summed E-state index contributed by atoms with van der Waals surface area (Å²) in [6, 6.07) is 6.27. The number of unbranched alkanes of at least 4 members (excludes halogenated alkanes) is 5. The van der Waals surface area contributed by atoms with Gasteiger partial charge in [0.1, 0.15) is 18.4 Å². The van der Waals surface area contributed by atoms with E-state index >= 15 is 0 Å². The molecule has 0 radical (unpaired) electrons. The first-order valence-corrected chi connectivity index (χ1v) is 15.4. The van der Waals surface area contributed by atoms with Crippen LogP contribution in [-0.4, -0.2) is 63.7 Å². The Balaban J connectivity index is 1.57. The lowest BCUT2D eigenvalue weighted by Crippen LogP contribution is -2.57. The molecule has 2 heterocycles. The highest BCUT2D eigenvalue weighted by atomic mass is 32.1. The highest BCUT2D eigenvalue weighted by molar-refractivity contribution is 7.13. The number of aliphatic hydroxyl groups excluding tert-OH is 1. The average molecular weight is 585 g/mol. The van der Waals surface area contributed by atoms with Gasteiger partial charge < -0.3 is 25.4 Å². The van der Waals surface area contributed by atoms with Crippen molar-refractivity contribution in [1.82, 2.24) is 20.5 Å². The number of nitrogens with one attached hydrogen (secondary N) is 2. The number of amides is 3. The zero-order valence-corrected chi connectivity index (χ0v) is 25.5. The van der Waals surface area contributed by atoms with E-state index in [1.165, 1.54) is 4.90 Å². The minimum atomic E-state index is -0.828. The topological polar surface area (TPSA) is 129 Å². The maximum Gasteiger partial charge on any atom is 0.246 e. The van der Waals surface area contributed by atoms with Crippen molar-refractivity contribution in [3.8, 4) is 10.4 Å². The molecule has 3 N–H and O–H groups in total. The van der Waals surface area contributed by atoms with Crippen molar-refractivity contribution in [1.29, 1.82) is 0 Å². The van der Waals surface area contributed by atoms with Crippen LogP contribution in [0.3, 0.4) is 0 Å². The Morgan fingerprint density at radius 1 is 1.12 bits per heavy atom. The molecule has 3 rings (SSSR count). The lowest BCUT2D eigenvalue weighted by molar-refractivity contribution is -0.144. The second-order valence-electron chi connectivity index (χ2n) is 11.9. The SMILES string of the molecule is Cc1ncsc1-c1ccc(CNC(=O)[C@@H]2C[C@@H](O)CN2C(=O)[C@@H](NC(=O)CCCCCCCC=O)C(C)(C)C)cc1. The number of rotatable bonds is 14. The van der Waals surface area contributed by atoms with Gasteiger partial charge in [-0.3, -0.25) is 14.4 Å². The van der Waals surface area contributed by atoms with Gasteiger partial charge in [-0.1, -0.05) is 64.3 Å². The van der Waals surface area contributed by atoms with Crippen molar-refractivity contribution in [2.75, 3.05) is 6.54 Å². The molecule has 0 spiro atoms. The molecule has 41 heavy (non-hydrogen) atoms. The summed E-state index contributed by atoms with van der Waals surface area (Å²) in [5.41, 5.74) is 4.20. The standard InChI is InChI=1S/C31H44N4O5S/c1-21-27(41-20-33-21)23-14-12-22(13-15-23)18-32-29(39)25-17-24(37)19-35(25)30(40)28(31(2,3)4)34-26(38)11-9-7-5-6-8-10-16-36/h12-16,20,24-25,28,37H,5-11,17-19H2,1-4H3,(H,32,39)(H,34,38)/t24-,25+,28-/m1/s1. The Bertz CT molecular complexity index is 1170. The third-order valence-electron chi connectivity index (χ3n) is 7.44. The monoisotopic (exact) mass is 584 g/mol. The molecule has 0 aliphatic carbocycles. The Hall–Kier alpha value is -3.11. The first-order valence-electron chi connectivity index (χ1n) is 14.5. The number of benzene rings is 1. The Kier molecular flexibility index (Phi) is 12.0. The molecule has 1 saturated heterocycles. The second-order valence-corrected chi connectivity index (χ2v) is 12.8. The van der Waals surface area contributed by atoms with Crippen LogP contribution in [0.2, 0.25) is 0 Å². The fourth-order valence-electron chi connectivity index (χ4n) is 5.06. The fourth-order valence-corrected chi connectivity index (χ4v) is 5.87. The Morgan fingerprint density at radius 3 is 2.44 bits per heavy atom. The molecular weight excluding hydrogens is 540 g/mol. The largest absolute Gasteiger partial charge is 0.391 e. The fraction of sp³-hybridized carbons (Fsp3) is 0.581. The first kappa shape index (κ1) is 32.4. The molecule has 1 aromatic carbocycles. The van der Waals surface area contributed by atoms with Gasteiger partial charge in [0.25, 0.3) is 0 Å². The van der Waals surface area contributed by atoms with E-state index in [9.17, 15) is 24.3 Å². The van der Waals surface area contributed by atoms with E-state index < -0.39 is 23.6 Å². The van der Waals surface area contributed by atoms with Crippen molar-refractivity contribution < 1.29 is 24.3 Å². The van der Waals surface area contributed by atoms with E-state index in [0.717, 1.165) is 53.7 Å². The van der Waals surface area contributed by atoms with Gasteiger partial charge in [-0.05, 0) is 36.3 Å². The first-order chi connectivity index (χ1) is 19.5. The summed E-state index contributed by atoms with van der Waals surface area (Å²) < 4.78 is 0. The van der Waals surface area contributed by atoms with Crippen LogP contribution in [-0.2, 0) is 25.7 Å². The molecule has 224 valence electrons. The number of hydrogen-bond donors (Lipinski definition) is 3. The molecule has 0 bridgehead atoms. The van der Waals surface area contributed by atoms with Crippen LogP contribution < -0.4 is 10.6 Å². The second kappa shape index (κ2) is 15.2. The number of aliphatic hydroxyl groups is 1. The predicted octanol–water partition coefficient (Wildman–Crippen LogP) is 4.16. The number of carbonyl (C=O) groups is 4. The summed E-state index contributed by atoms with van der Waals surface area (Å²) in [5.74, 6) is -0.893. The number of nitrogens with zero attached hydrogens (tertiary/aromatic N) is 2. The number of aromatic nitrogens is 1. The highest BCUT2D eigenvalue weighted by Crippen LogP contribution is 2.28. The van der Waals surface area contributed by atoms with E-state index in [1.807, 2.05) is 57.5 Å². The summed E-state index contributed by atoms with van der Waals surface area (Å²) in [5, 5.41) is 16.2. The summed E-state index contributed by atoms with van der Waals surface area (Å²) in [6.07, 6.45) is 5.51.